The summed E-state index contributed by atoms with van der Waals surface area (Å²) in [4.78, 5) is 16.5. The van der Waals surface area contributed by atoms with E-state index in [1.165, 1.54) is 16.9 Å². The van der Waals surface area contributed by atoms with E-state index in [-0.39, 0.29) is 12.4 Å². The first-order valence-corrected chi connectivity index (χ1v) is 7.68. The molecule has 21 heavy (non-hydrogen) atoms. The third kappa shape index (κ3) is 3.11. The molecule has 1 aromatic heterocycles. The van der Waals surface area contributed by atoms with Gasteiger partial charge in [-0.2, -0.15) is 0 Å². The van der Waals surface area contributed by atoms with Crippen molar-refractivity contribution in [3.8, 4) is 5.75 Å². The number of ketones is 1. The summed E-state index contributed by atoms with van der Waals surface area (Å²) >= 11 is 1.41. The van der Waals surface area contributed by atoms with Gasteiger partial charge < -0.3 is 4.74 Å². The average Bonchev–Trinajstić information content (AvgIpc) is 2.97. The first kappa shape index (κ1) is 13.8. The largest absolute Gasteiger partial charge is 0.485 e. The molecule has 0 bridgehead atoms. The lowest BCUT2D eigenvalue weighted by atomic mass is 10.2. The lowest BCUT2D eigenvalue weighted by Gasteiger charge is -2.04. The molecule has 0 spiro atoms. The topological polar surface area (TPSA) is 39.2 Å². The Labute approximate surface area is 127 Å². The number of rotatable bonds is 5. The summed E-state index contributed by atoms with van der Waals surface area (Å²) in [5, 5.41) is 0.501. The minimum Gasteiger partial charge on any atom is -0.485 e. The number of para-hydroxylation sites is 1. The van der Waals surface area contributed by atoms with Crippen molar-refractivity contribution in [1.82, 2.24) is 4.98 Å². The van der Waals surface area contributed by atoms with Crippen molar-refractivity contribution in [2.75, 3.05) is 6.61 Å². The van der Waals surface area contributed by atoms with Gasteiger partial charge in [-0.15, -0.1) is 11.3 Å². The number of aryl methyl sites for hydroxylation is 1. The van der Waals surface area contributed by atoms with Crippen LogP contribution in [0, 0.1) is 0 Å². The number of aromatic nitrogens is 1. The van der Waals surface area contributed by atoms with Gasteiger partial charge in [0.1, 0.15) is 5.75 Å². The summed E-state index contributed by atoms with van der Waals surface area (Å²) < 4.78 is 6.56. The van der Waals surface area contributed by atoms with Crippen LogP contribution in [0.5, 0.6) is 5.75 Å². The highest BCUT2D eigenvalue weighted by Crippen LogP contribution is 2.22. The molecule has 4 heteroatoms. The molecule has 106 valence electrons. The highest BCUT2D eigenvalue weighted by Gasteiger charge is 2.12. The summed E-state index contributed by atoms with van der Waals surface area (Å²) in [5.74, 6) is 0.623. The average molecular weight is 297 g/mol. The first-order chi connectivity index (χ1) is 10.3. The number of benzene rings is 2. The van der Waals surface area contributed by atoms with Gasteiger partial charge in [0.25, 0.3) is 0 Å². The van der Waals surface area contributed by atoms with E-state index in [9.17, 15) is 4.79 Å². The summed E-state index contributed by atoms with van der Waals surface area (Å²) in [7, 11) is 0. The fourth-order valence-corrected chi connectivity index (χ4v) is 2.91. The van der Waals surface area contributed by atoms with E-state index < -0.39 is 0 Å². The minimum atomic E-state index is -0.0873. The number of nitrogens with zero attached hydrogens (tertiary/aromatic N) is 1. The number of carbonyl (C=O) groups is 1. The van der Waals surface area contributed by atoms with E-state index in [2.05, 4.69) is 11.9 Å². The Morgan fingerprint density at radius 3 is 2.62 bits per heavy atom. The van der Waals surface area contributed by atoms with Crippen LogP contribution in [0.2, 0.25) is 0 Å². The van der Waals surface area contributed by atoms with E-state index in [0.29, 0.717) is 10.8 Å². The van der Waals surface area contributed by atoms with Gasteiger partial charge in [0.2, 0.25) is 5.78 Å². The lowest BCUT2D eigenvalue weighted by Crippen LogP contribution is -2.11. The monoisotopic (exact) mass is 297 g/mol. The van der Waals surface area contributed by atoms with Crippen LogP contribution in [0.25, 0.3) is 10.2 Å². The zero-order chi connectivity index (χ0) is 14.7. The maximum absolute atomic E-state index is 12.1. The van der Waals surface area contributed by atoms with Gasteiger partial charge in [0.15, 0.2) is 11.6 Å². The van der Waals surface area contributed by atoms with Crippen LogP contribution in [-0.4, -0.2) is 17.4 Å². The maximum atomic E-state index is 12.1. The summed E-state index contributed by atoms with van der Waals surface area (Å²) in [5.41, 5.74) is 2.11. The van der Waals surface area contributed by atoms with Gasteiger partial charge in [-0.1, -0.05) is 31.2 Å². The van der Waals surface area contributed by atoms with Crippen molar-refractivity contribution in [3.05, 3.63) is 59.1 Å². The lowest BCUT2D eigenvalue weighted by molar-refractivity contribution is 0.0921. The molecule has 3 aromatic rings. The summed E-state index contributed by atoms with van der Waals surface area (Å²) in [6.07, 6.45) is 0.991. The number of carbonyl (C=O) groups excluding carboxylic acids is 1. The fourth-order valence-electron chi connectivity index (χ4n) is 2.02. The van der Waals surface area contributed by atoms with Crippen LogP contribution < -0.4 is 4.74 Å². The zero-order valence-corrected chi connectivity index (χ0v) is 12.5. The molecule has 2 aromatic carbocycles. The highest BCUT2D eigenvalue weighted by atomic mass is 32.1. The number of Topliss-reactive ketones (excluding diaryl/α,β-unsaturated/α-hetero) is 1. The number of hydrogen-bond acceptors (Lipinski definition) is 4. The Hall–Kier alpha value is -2.20. The number of thiazole rings is 1. The van der Waals surface area contributed by atoms with Crippen molar-refractivity contribution in [2.24, 2.45) is 0 Å². The highest BCUT2D eigenvalue weighted by molar-refractivity contribution is 7.20. The Bertz CT molecular complexity index is 729. The molecule has 0 amide bonds. The Balaban J connectivity index is 1.68. The standard InChI is InChI=1S/C17H15NO2S/c1-2-12-7-9-13(10-8-12)20-11-15(19)17-18-14-5-3-4-6-16(14)21-17/h3-10H,2,11H2,1H3. The molecule has 0 N–H and O–H groups in total. The van der Waals surface area contributed by atoms with Crippen molar-refractivity contribution in [3.63, 3.8) is 0 Å². The molecule has 0 fully saturated rings. The second kappa shape index (κ2) is 6.06. The smallest absolute Gasteiger partial charge is 0.228 e. The Morgan fingerprint density at radius 1 is 1.14 bits per heavy atom. The van der Waals surface area contributed by atoms with Gasteiger partial charge in [-0.05, 0) is 36.2 Å². The third-order valence-electron chi connectivity index (χ3n) is 3.23. The minimum absolute atomic E-state index is 0.0191. The van der Waals surface area contributed by atoms with Gasteiger partial charge in [0, 0.05) is 0 Å². The predicted molar refractivity (Wildman–Crippen MR) is 85.3 cm³/mol. The van der Waals surface area contributed by atoms with Gasteiger partial charge in [0.05, 0.1) is 10.2 Å². The van der Waals surface area contributed by atoms with Crippen molar-refractivity contribution in [1.29, 1.82) is 0 Å². The molecule has 1 heterocycles. The molecular formula is C17H15NO2S. The Kier molecular flexibility index (Phi) is 3.97. The van der Waals surface area contributed by atoms with Crippen LogP contribution in [0.1, 0.15) is 22.3 Å². The first-order valence-electron chi connectivity index (χ1n) is 6.87. The number of fused-ring (bicyclic) bond motifs is 1. The molecule has 0 saturated heterocycles. The molecular weight excluding hydrogens is 282 g/mol. The van der Waals surface area contributed by atoms with Gasteiger partial charge in [-0.3, -0.25) is 4.79 Å². The van der Waals surface area contributed by atoms with Crippen molar-refractivity contribution >= 4 is 27.3 Å². The molecule has 0 aliphatic carbocycles. The zero-order valence-electron chi connectivity index (χ0n) is 11.7. The fraction of sp³-hybridized carbons (Fsp3) is 0.176. The molecule has 3 rings (SSSR count). The summed E-state index contributed by atoms with van der Waals surface area (Å²) in [6, 6.07) is 15.5. The van der Waals surface area contributed by atoms with Gasteiger partial charge in [-0.25, -0.2) is 4.98 Å². The Morgan fingerprint density at radius 2 is 1.90 bits per heavy atom. The van der Waals surface area contributed by atoms with Gasteiger partial charge >= 0.3 is 0 Å². The van der Waals surface area contributed by atoms with E-state index in [1.807, 2.05) is 48.5 Å². The van der Waals surface area contributed by atoms with Crippen LogP contribution in [-0.2, 0) is 6.42 Å². The number of hydrogen-bond donors (Lipinski definition) is 0. The molecule has 0 aliphatic heterocycles. The van der Waals surface area contributed by atoms with E-state index >= 15 is 0 Å². The van der Waals surface area contributed by atoms with Crippen molar-refractivity contribution in [2.45, 2.75) is 13.3 Å². The molecule has 0 saturated carbocycles. The molecule has 0 unspecified atom stereocenters. The van der Waals surface area contributed by atoms with E-state index in [1.54, 1.807) is 0 Å². The van der Waals surface area contributed by atoms with Crippen LogP contribution in [0.15, 0.2) is 48.5 Å². The SMILES string of the molecule is CCc1ccc(OCC(=O)c2nc3ccccc3s2)cc1. The van der Waals surface area contributed by atoms with Crippen molar-refractivity contribution < 1.29 is 9.53 Å². The second-order valence-electron chi connectivity index (χ2n) is 4.70. The second-order valence-corrected chi connectivity index (χ2v) is 5.73. The third-order valence-corrected chi connectivity index (χ3v) is 4.31. The molecule has 0 aliphatic rings. The maximum Gasteiger partial charge on any atom is 0.228 e. The van der Waals surface area contributed by atoms with Crippen LogP contribution >= 0.6 is 11.3 Å². The molecule has 3 nitrogen and oxygen atoms in total. The number of ether oxygens (including phenoxy) is 1. The van der Waals surface area contributed by atoms with E-state index in [4.69, 9.17) is 4.74 Å². The van der Waals surface area contributed by atoms with E-state index in [0.717, 1.165) is 16.6 Å². The normalized spacial score (nSPS) is 10.7. The quantitative estimate of drug-likeness (QED) is 0.665. The molecule has 0 radical (unpaired) electrons. The van der Waals surface area contributed by atoms with Crippen LogP contribution in [0.4, 0.5) is 0 Å². The molecule has 0 atom stereocenters. The predicted octanol–water partition coefficient (Wildman–Crippen LogP) is 4.12. The summed E-state index contributed by atoms with van der Waals surface area (Å²) in [6.45, 7) is 2.12. The van der Waals surface area contributed by atoms with Crippen LogP contribution in [0.3, 0.4) is 0 Å².